The number of hydrogen-bond acceptors (Lipinski definition) is 3. The van der Waals surface area contributed by atoms with E-state index >= 15 is 0 Å². The third-order valence-electron chi connectivity index (χ3n) is 3.71. The van der Waals surface area contributed by atoms with Crippen molar-refractivity contribution in [2.45, 2.75) is 57.9 Å². The van der Waals surface area contributed by atoms with Crippen molar-refractivity contribution in [2.24, 2.45) is 5.92 Å². The molecule has 1 saturated carbocycles. The molecule has 17 heavy (non-hydrogen) atoms. The Morgan fingerprint density at radius 2 is 2.06 bits per heavy atom. The summed E-state index contributed by atoms with van der Waals surface area (Å²) >= 11 is 1.85. The molecule has 1 heterocycles. The van der Waals surface area contributed by atoms with Gasteiger partial charge in [-0.15, -0.1) is 11.3 Å². The van der Waals surface area contributed by atoms with Gasteiger partial charge in [0.05, 0.1) is 10.7 Å². The first-order valence-corrected chi connectivity index (χ1v) is 7.68. The average Bonchev–Trinajstić information content (AvgIpc) is 2.77. The van der Waals surface area contributed by atoms with Crippen molar-refractivity contribution in [1.29, 1.82) is 0 Å². The van der Waals surface area contributed by atoms with Gasteiger partial charge in [0, 0.05) is 23.8 Å². The predicted octanol–water partition coefficient (Wildman–Crippen LogP) is 3.59. The summed E-state index contributed by atoms with van der Waals surface area (Å²) in [6, 6.07) is 0.736. The van der Waals surface area contributed by atoms with Crippen LogP contribution in [-0.4, -0.2) is 18.1 Å². The molecule has 0 atom stereocenters. The summed E-state index contributed by atoms with van der Waals surface area (Å²) < 4.78 is 0. The molecule has 3 heteroatoms. The Kier molecular flexibility index (Phi) is 4.57. The number of nitrogens with one attached hydrogen (secondary N) is 1. The molecule has 0 saturated heterocycles. The summed E-state index contributed by atoms with van der Waals surface area (Å²) in [5.74, 6) is 1.44. The van der Waals surface area contributed by atoms with Crippen LogP contribution < -0.4 is 5.32 Å². The van der Waals surface area contributed by atoms with Gasteiger partial charge in [-0.1, -0.05) is 13.8 Å². The van der Waals surface area contributed by atoms with Crippen molar-refractivity contribution in [2.75, 3.05) is 7.05 Å². The van der Waals surface area contributed by atoms with Crippen LogP contribution in [0.1, 0.15) is 56.2 Å². The van der Waals surface area contributed by atoms with Crippen LogP contribution in [0.3, 0.4) is 0 Å². The Morgan fingerprint density at radius 3 is 2.65 bits per heavy atom. The molecule has 96 valence electrons. The van der Waals surface area contributed by atoms with E-state index in [1.54, 1.807) is 0 Å². The van der Waals surface area contributed by atoms with E-state index in [4.69, 9.17) is 4.98 Å². The summed E-state index contributed by atoms with van der Waals surface area (Å²) in [6.45, 7) is 4.53. The molecule has 0 amide bonds. The maximum atomic E-state index is 4.82. The molecule has 0 bridgehead atoms. The standard InChI is InChI=1S/C14H24N2S/c1-10(2)8-14-16-13(9-17-14)11-4-6-12(15-3)7-5-11/h9-12,15H,4-8H2,1-3H3. The fourth-order valence-electron chi connectivity index (χ4n) is 2.63. The highest BCUT2D eigenvalue weighted by molar-refractivity contribution is 7.09. The SMILES string of the molecule is CNC1CCC(c2csc(CC(C)C)n2)CC1. The van der Waals surface area contributed by atoms with E-state index in [1.165, 1.54) is 36.4 Å². The minimum absolute atomic E-state index is 0.717. The van der Waals surface area contributed by atoms with E-state index in [9.17, 15) is 0 Å². The summed E-state index contributed by atoms with van der Waals surface area (Å²) in [6.07, 6.45) is 6.35. The third kappa shape index (κ3) is 3.52. The van der Waals surface area contributed by atoms with Crippen molar-refractivity contribution in [3.8, 4) is 0 Å². The Hall–Kier alpha value is -0.410. The fraction of sp³-hybridized carbons (Fsp3) is 0.786. The first kappa shape index (κ1) is 13.0. The molecule has 0 aromatic carbocycles. The molecule has 2 nitrogen and oxygen atoms in total. The van der Waals surface area contributed by atoms with Crippen molar-refractivity contribution >= 4 is 11.3 Å². The quantitative estimate of drug-likeness (QED) is 0.886. The molecule has 0 spiro atoms. The van der Waals surface area contributed by atoms with E-state index in [0.29, 0.717) is 5.92 Å². The fourth-order valence-corrected chi connectivity index (χ4v) is 3.72. The van der Waals surface area contributed by atoms with Crippen LogP contribution in [0.5, 0.6) is 0 Å². The molecule has 1 aliphatic rings. The number of rotatable bonds is 4. The van der Waals surface area contributed by atoms with Gasteiger partial charge in [0.1, 0.15) is 0 Å². The van der Waals surface area contributed by atoms with Gasteiger partial charge in [-0.25, -0.2) is 4.98 Å². The van der Waals surface area contributed by atoms with Gasteiger partial charge >= 0.3 is 0 Å². The summed E-state index contributed by atoms with van der Waals surface area (Å²) in [7, 11) is 2.08. The first-order chi connectivity index (χ1) is 8.19. The van der Waals surface area contributed by atoms with Gasteiger partial charge in [-0.2, -0.15) is 0 Å². The second-order valence-electron chi connectivity index (χ2n) is 5.60. The normalized spacial score (nSPS) is 25.4. The van der Waals surface area contributed by atoms with Crippen molar-refractivity contribution in [3.63, 3.8) is 0 Å². The number of nitrogens with zero attached hydrogens (tertiary/aromatic N) is 1. The highest BCUT2D eigenvalue weighted by Gasteiger charge is 2.23. The van der Waals surface area contributed by atoms with Crippen LogP contribution in [0, 0.1) is 5.92 Å². The lowest BCUT2D eigenvalue weighted by atomic mass is 9.84. The second kappa shape index (κ2) is 5.96. The van der Waals surface area contributed by atoms with Gasteiger partial charge in [-0.05, 0) is 38.6 Å². The van der Waals surface area contributed by atoms with Crippen molar-refractivity contribution in [3.05, 3.63) is 16.1 Å². The Morgan fingerprint density at radius 1 is 1.35 bits per heavy atom. The average molecular weight is 252 g/mol. The second-order valence-corrected chi connectivity index (χ2v) is 6.54. The first-order valence-electron chi connectivity index (χ1n) is 6.80. The number of hydrogen-bond donors (Lipinski definition) is 1. The Bertz CT molecular complexity index is 338. The van der Waals surface area contributed by atoms with E-state index in [-0.39, 0.29) is 0 Å². The molecule has 0 unspecified atom stereocenters. The van der Waals surface area contributed by atoms with Gasteiger partial charge < -0.3 is 5.32 Å². The molecule has 0 radical (unpaired) electrons. The zero-order chi connectivity index (χ0) is 12.3. The van der Waals surface area contributed by atoms with E-state index in [2.05, 4.69) is 31.6 Å². The highest BCUT2D eigenvalue weighted by atomic mass is 32.1. The maximum absolute atomic E-state index is 4.82. The van der Waals surface area contributed by atoms with Crippen molar-refractivity contribution in [1.82, 2.24) is 10.3 Å². The summed E-state index contributed by atoms with van der Waals surface area (Å²) in [5, 5.41) is 7.01. The highest BCUT2D eigenvalue weighted by Crippen LogP contribution is 2.33. The number of aromatic nitrogens is 1. The smallest absolute Gasteiger partial charge is 0.0930 e. The molecule has 1 aromatic heterocycles. The largest absolute Gasteiger partial charge is 0.317 e. The van der Waals surface area contributed by atoms with E-state index in [0.717, 1.165) is 18.4 Å². The zero-order valence-electron chi connectivity index (χ0n) is 11.2. The van der Waals surface area contributed by atoms with Gasteiger partial charge in [-0.3, -0.25) is 0 Å². The molecular weight excluding hydrogens is 228 g/mol. The van der Waals surface area contributed by atoms with Crippen LogP contribution in [-0.2, 0) is 6.42 Å². The van der Waals surface area contributed by atoms with Gasteiger partial charge in [0.2, 0.25) is 0 Å². The van der Waals surface area contributed by atoms with E-state index < -0.39 is 0 Å². The molecule has 1 fully saturated rings. The molecule has 1 aromatic rings. The van der Waals surface area contributed by atoms with E-state index in [1.807, 2.05) is 11.3 Å². The van der Waals surface area contributed by atoms with Crippen LogP contribution >= 0.6 is 11.3 Å². The maximum Gasteiger partial charge on any atom is 0.0930 e. The lowest BCUT2D eigenvalue weighted by molar-refractivity contribution is 0.355. The molecule has 1 aliphatic carbocycles. The summed E-state index contributed by atoms with van der Waals surface area (Å²) in [5.41, 5.74) is 1.36. The van der Waals surface area contributed by atoms with Crippen molar-refractivity contribution < 1.29 is 0 Å². The monoisotopic (exact) mass is 252 g/mol. The van der Waals surface area contributed by atoms with Crippen LogP contribution in [0.4, 0.5) is 0 Å². The minimum Gasteiger partial charge on any atom is -0.317 e. The van der Waals surface area contributed by atoms with Gasteiger partial charge in [0.25, 0.3) is 0 Å². The molecule has 1 N–H and O–H groups in total. The Labute approximate surface area is 109 Å². The van der Waals surface area contributed by atoms with Crippen LogP contribution in [0.25, 0.3) is 0 Å². The Balaban J connectivity index is 1.92. The topological polar surface area (TPSA) is 24.9 Å². The number of thiazole rings is 1. The lowest BCUT2D eigenvalue weighted by Crippen LogP contribution is -2.29. The minimum atomic E-state index is 0.717. The predicted molar refractivity (Wildman–Crippen MR) is 74.7 cm³/mol. The molecular formula is C14H24N2S. The van der Waals surface area contributed by atoms with Crippen LogP contribution in [0.15, 0.2) is 5.38 Å². The summed E-state index contributed by atoms with van der Waals surface area (Å²) in [4.78, 5) is 4.82. The van der Waals surface area contributed by atoms with Gasteiger partial charge in [0.15, 0.2) is 0 Å². The van der Waals surface area contributed by atoms with Crippen LogP contribution in [0.2, 0.25) is 0 Å². The molecule has 0 aliphatic heterocycles. The zero-order valence-corrected chi connectivity index (χ0v) is 12.0. The lowest BCUT2D eigenvalue weighted by Gasteiger charge is -2.27. The molecule has 2 rings (SSSR count). The third-order valence-corrected chi connectivity index (χ3v) is 4.60.